The number of nitrogens with zero attached hydrogens (tertiary/aromatic N) is 2. The molecule has 1 aromatic heterocycles. The smallest absolute Gasteiger partial charge is 0.239 e. The van der Waals surface area contributed by atoms with Crippen molar-refractivity contribution >= 4 is 11.7 Å². The van der Waals surface area contributed by atoms with Crippen molar-refractivity contribution in [3.05, 3.63) is 11.8 Å². The first-order valence-corrected chi connectivity index (χ1v) is 6.89. The average Bonchev–Trinajstić information content (AvgIpc) is 2.66. The van der Waals surface area contributed by atoms with Crippen molar-refractivity contribution < 1.29 is 4.79 Å². The van der Waals surface area contributed by atoms with Crippen molar-refractivity contribution in [2.75, 3.05) is 18.4 Å². The molecule has 0 bridgehead atoms. The number of hydrogen-bond donors (Lipinski definition) is 2. The molecule has 1 amide bonds. The first-order valence-electron chi connectivity index (χ1n) is 6.89. The SMILES string of the molecule is CCCCNCC(=O)Nc1cc(C(C)(C)C)nn1C. The fraction of sp³-hybridized carbons (Fsp3) is 0.714. The highest BCUT2D eigenvalue weighted by Crippen LogP contribution is 2.23. The molecule has 1 heterocycles. The molecule has 0 unspecified atom stereocenters. The van der Waals surface area contributed by atoms with E-state index in [1.807, 2.05) is 13.1 Å². The van der Waals surface area contributed by atoms with Gasteiger partial charge in [0.1, 0.15) is 5.82 Å². The van der Waals surface area contributed by atoms with Gasteiger partial charge in [0.2, 0.25) is 5.91 Å². The second-order valence-corrected chi connectivity index (χ2v) is 5.87. The Kier molecular flexibility index (Phi) is 5.54. The van der Waals surface area contributed by atoms with Crippen LogP contribution in [-0.2, 0) is 17.3 Å². The monoisotopic (exact) mass is 266 g/mol. The molecule has 5 nitrogen and oxygen atoms in total. The predicted molar refractivity (Wildman–Crippen MR) is 78.3 cm³/mol. The van der Waals surface area contributed by atoms with E-state index < -0.39 is 0 Å². The minimum Gasteiger partial charge on any atom is -0.310 e. The van der Waals surface area contributed by atoms with Gasteiger partial charge in [-0.05, 0) is 13.0 Å². The lowest BCUT2D eigenvalue weighted by atomic mass is 9.92. The summed E-state index contributed by atoms with van der Waals surface area (Å²) in [5, 5.41) is 10.4. The number of anilines is 1. The fourth-order valence-electron chi connectivity index (χ4n) is 1.64. The number of unbranched alkanes of at least 4 members (excludes halogenated alkanes) is 1. The Morgan fingerprint density at radius 2 is 2.11 bits per heavy atom. The van der Waals surface area contributed by atoms with Crippen molar-refractivity contribution in [3.63, 3.8) is 0 Å². The predicted octanol–water partition coefficient (Wildman–Crippen LogP) is 2.05. The Balaban J connectivity index is 2.53. The van der Waals surface area contributed by atoms with Crippen LogP contribution in [0.25, 0.3) is 0 Å². The molecular formula is C14H26N4O. The van der Waals surface area contributed by atoms with E-state index in [0.29, 0.717) is 6.54 Å². The van der Waals surface area contributed by atoms with Gasteiger partial charge < -0.3 is 10.6 Å². The van der Waals surface area contributed by atoms with Crippen LogP contribution in [0.1, 0.15) is 46.2 Å². The number of rotatable bonds is 6. The van der Waals surface area contributed by atoms with E-state index in [4.69, 9.17) is 0 Å². The molecule has 0 atom stereocenters. The molecule has 0 spiro atoms. The summed E-state index contributed by atoms with van der Waals surface area (Å²) in [7, 11) is 1.84. The van der Waals surface area contributed by atoms with Gasteiger partial charge in [-0.15, -0.1) is 0 Å². The topological polar surface area (TPSA) is 59.0 Å². The minimum atomic E-state index is -0.0282. The van der Waals surface area contributed by atoms with Gasteiger partial charge in [0.15, 0.2) is 0 Å². The summed E-state index contributed by atoms with van der Waals surface area (Å²) >= 11 is 0. The number of aryl methyl sites for hydroxylation is 1. The Bertz CT molecular complexity index is 418. The van der Waals surface area contributed by atoms with Crippen LogP contribution in [0.2, 0.25) is 0 Å². The quantitative estimate of drug-likeness (QED) is 0.775. The molecule has 1 rings (SSSR count). The summed E-state index contributed by atoms with van der Waals surface area (Å²) < 4.78 is 1.71. The molecule has 108 valence electrons. The zero-order valence-corrected chi connectivity index (χ0v) is 12.7. The number of aromatic nitrogens is 2. The van der Waals surface area contributed by atoms with Crippen LogP contribution in [0, 0.1) is 0 Å². The first-order chi connectivity index (χ1) is 8.84. The third-order valence-corrected chi connectivity index (χ3v) is 2.91. The van der Waals surface area contributed by atoms with Gasteiger partial charge in [0.05, 0.1) is 12.2 Å². The first kappa shape index (κ1) is 15.7. The molecule has 5 heteroatoms. The molecule has 19 heavy (non-hydrogen) atoms. The van der Waals surface area contributed by atoms with Crippen LogP contribution in [0.3, 0.4) is 0 Å². The largest absolute Gasteiger partial charge is 0.310 e. The molecule has 0 saturated heterocycles. The summed E-state index contributed by atoms with van der Waals surface area (Å²) in [6.45, 7) is 9.66. The van der Waals surface area contributed by atoms with E-state index >= 15 is 0 Å². The highest BCUT2D eigenvalue weighted by atomic mass is 16.2. The van der Waals surface area contributed by atoms with Gasteiger partial charge in [-0.2, -0.15) is 5.10 Å². The molecule has 0 saturated carbocycles. The maximum absolute atomic E-state index is 11.8. The third-order valence-electron chi connectivity index (χ3n) is 2.91. The van der Waals surface area contributed by atoms with E-state index in [9.17, 15) is 4.79 Å². The number of hydrogen-bond acceptors (Lipinski definition) is 3. The van der Waals surface area contributed by atoms with Crippen LogP contribution in [0.5, 0.6) is 0 Å². The Morgan fingerprint density at radius 3 is 2.63 bits per heavy atom. The van der Waals surface area contributed by atoms with Crippen LogP contribution in [-0.4, -0.2) is 28.8 Å². The van der Waals surface area contributed by atoms with Crippen molar-refractivity contribution in [1.82, 2.24) is 15.1 Å². The summed E-state index contributed by atoms with van der Waals surface area (Å²) in [6, 6.07) is 1.93. The summed E-state index contributed by atoms with van der Waals surface area (Å²) in [6.07, 6.45) is 2.22. The normalized spacial score (nSPS) is 11.6. The van der Waals surface area contributed by atoms with Gasteiger partial charge in [0, 0.05) is 18.5 Å². The van der Waals surface area contributed by atoms with Gasteiger partial charge in [0.25, 0.3) is 0 Å². The molecule has 0 fully saturated rings. The molecule has 0 aliphatic heterocycles. The number of amides is 1. The Morgan fingerprint density at radius 1 is 1.42 bits per heavy atom. The maximum atomic E-state index is 11.8. The highest BCUT2D eigenvalue weighted by molar-refractivity contribution is 5.91. The van der Waals surface area contributed by atoms with Crippen LogP contribution in [0.4, 0.5) is 5.82 Å². The second kappa shape index (κ2) is 6.70. The lowest BCUT2D eigenvalue weighted by molar-refractivity contribution is -0.115. The molecule has 0 aliphatic rings. The number of nitrogens with one attached hydrogen (secondary N) is 2. The van der Waals surface area contributed by atoms with Crippen LogP contribution in [0.15, 0.2) is 6.07 Å². The van der Waals surface area contributed by atoms with Crippen molar-refractivity contribution in [2.24, 2.45) is 7.05 Å². The van der Waals surface area contributed by atoms with Crippen molar-refractivity contribution in [2.45, 2.75) is 46.0 Å². The number of carbonyl (C=O) groups excluding carboxylic acids is 1. The van der Waals surface area contributed by atoms with Crippen molar-refractivity contribution in [1.29, 1.82) is 0 Å². The Hall–Kier alpha value is -1.36. The van der Waals surface area contributed by atoms with Gasteiger partial charge in [-0.25, -0.2) is 0 Å². The van der Waals surface area contributed by atoms with Crippen LogP contribution < -0.4 is 10.6 Å². The van der Waals surface area contributed by atoms with E-state index in [1.165, 1.54) is 0 Å². The summed E-state index contributed by atoms with van der Waals surface area (Å²) in [5.74, 6) is 0.715. The molecule has 1 aromatic rings. The second-order valence-electron chi connectivity index (χ2n) is 5.87. The molecule has 0 radical (unpaired) electrons. The highest BCUT2D eigenvalue weighted by Gasteiger charge is 2.19. The zero-order valence-electron chi connectivity index (χ0n) is 12.7. The minimum absolute atomic E-state index is 0.0138. The third kappa shape index (κ3) is 5.03. The summed E-state index contributed by atoms with van der Waals surface area (Å²) in [4.78, 5) is 11.8. The van der Waals surface area contributed by atoms with E-state index in [-0.39, 0.29) is 11.3 Å². The molecule has 2 N–H and O–H groups in total. The van der Waals surface area contributed by atoms with Gasteiger partial charge in [-0.1, -0.05) is 34.1 Å². The van der Waals surface area contributed by atoms with Gasteiger partial charge >= 0.3 is 0 Å². The Labute approximate surface area is 115 Å². The lowest BCUT2D eigenvalue weighted by Gasteiger charge is -2.13. The van der Waals surface area contributed by atoms with E-state index in [2.05, 4.69) is 43.4 Å². The molecule has 0 aliphatic carbocycles. The molecule has 0 aromatic carbocycles. The van der Waals surface area contributed by atoms with E-state index in [0.717, 1.165) is 30.9 Å². The zero-order chi connectivity index (χ0) is 14.5. The lowest BCUT2D eigenvalue weighted by Crippen LogP contribution is -2.29. The number of carbonyl (C=O) groups is 1. The summed E-state index contributed by atoms with van der Waals surface area (Å²) in [5.41, 5.74) is 0.962. The van der Waals surface area contributed by atoms with Crippen LogP contribution >= 0.6 is 0 Å². The molecular weight excluding hydrogens is 240 g/mol. The average molecular weight is 266 g/mol. The standard InChI is InChI=1S/C14H26N4O/c1-6-7-8-15-10-13(19)16-12-9-11(14(2,3)4)17-18(12)5/h9,15H,6-8,10H2,1-5H3,(H,16,19). The fourth-order valence-corrected chi connectivity index (χ4v) is 1.64. The van der Waals surface area contributed by atoms with Crippen molar-refractivity contribution in [3.8, 4) is 0 Å². The van der Waals surface area contributed by atoms with Gasteiger partial charge in [-0.3, -0.25) is 9.48 Å². The maximum Gasteiger partial charge on any atom is 0.239 e. The van der Waals surface area contributed by atoms with E-state index in [1.54, 1.807) is 4.68 Å².